The maximum absolute atomic E-state index is 12.1. The Morgan fingerprint density at radius 2 is 1.95 bits per heavy atom. The zero-order valence-corrected chi connectivity index (χ0v) is 10.4. The molecule has 94 valence electrons. The van der Waals surface area contributed by atoms with Crippen LogP contribution >= 0.6 is 0 Å². The van der Waals surface area contributed by atoms with Crippen LogP contribution in [0.1, 0.15) is 5.56 Å². The Morgan fingerprint density at radius 3 is 2.74 bits per heavy atom. The molecular formula is C14H12N4O. The van der Waals surface area contributed by atoms with E-state index >= 15 is 0 Å². The summed E-state index contributed by atoms with van der Waals surface area (Å²) in [4.78, 5) is 12.1. The molecule has 0 fully saturated rings. The van der Waals surface area contributed by atoms with E-state index < -0.39 is 0 Å². The first kappa shape index (κ1) is 11.4. The van der Waals surface area contributed by atoms with Gasteiger partial charge >= 0.3 is 6.03 Å². The van der Waals surface area contributed by atoms with Gasteiger partial charge in [0.05, 0.1) is 5.52 Å². The predicted molar refractivity (Wildman–Crippen MR) is 73.1 cm³/mol. The van der Waals surface area contributed by atoms with E-state index in [1.54, 1.807) is 0 Å². The quantitative estimate of drug-likeness (QED) is 0.724. The fourth-order valence-electron chi connectivity index (χ4n) is 1.88. The van der Waals surface area contributed by atoms with Gasteiger partial charge in [-0.1, -0.05) is 29.5 Å². The van der Waals surface area contributed by atoms with Crippen molar-refractivity contribution in [3.05, 3.63) is 54.1 Å². The second-order valence-electron chi connectivity index (χ2n) is 4.29. The Morgan fingerprint density at radius 1 is 1.16 bits per heavy atom. The molecule has 0 spiro atoms. The first-order valence-corrected chi connectivity index (χ1v) is 5.92. The van der Waals surface area contributed by atoms with Crippen molar-refractivity contribution in [1.82, 2.24) is 15.0 Å². The van der Waals surface area contributed by atoms with Crippen molar-refractivity contribution in [3.8, 4) is 0 Å². The number of nitrogens with zero attached hydrogens (tertiary/aromatic N) is 3. The molecule has 0 unspecified atom stereocenters. The molecule has 3 rings (SSSR count). The molecule has 3 aromatic rings. The van der Waals surface area contributed by atoms with Crippen LogP contribution in [0, 0.1) is 6.92 Å². The van der Waals surface area contributed by atoms with Gasteiger partial charge in [-0.2, -0.15) is 4.68 Å². The van der Waals surface area contributed by atoms with Gasteiger partial charge in [0.2, 0.25) is 0 Å². The Balaban J connectivity index is 1.94. The van der Waals surface area contributed by atoms with Gasteiger partial charge in [-0.25, -0.2) is 4.79 Å². The number of aryl methyl sites for hydroxylation is 1. The Labute approximate surface area is 109 Å². The number of benzene rings is 2. The summed E-state index contributed by atoms with van der Waals surface area (Å²) in [6.45, 7) is 1.97. The van der Waals surface area contributed by atoms with Crippen molar-refractivity contribution in [2.24, 2.45) is 0 Å². The molecule has 1 amide bonds. The standard InChI is InChI=1S/C14H12N4O/c1-10-7-8-13-12(9-10)16-17-18(13)14(19)15-11-5-3-2-4-6-11/h2-9H,1H3,(H,15,19). The minimum Gasteiger partial charge on any atom is -0.306 e. The molecule has 1 N–H and O–H groups in total. The molecule has 1 heterocycles. The summed E-state index contributed by atoms with van der Waals surface area (Å²) in [7, 11) is 0. The fourth-order valence-corrected chi connectivity index (χ4v) is 1.88. The maximum Gasteiger partial charge on any atom is 0.348 e. The van der Waals surface area contributed by atoms with Gasteiger partial charge in [-0.15, -0.1) is 5.10 Å². The molecule has 0 radical (unpaired) electrons. The lowest BCUT2D eigenvalue weighted by Crippen LogP contribution is -2.20. The number of carbonyl (C=O) groups excluding carboxylic acids is 1. The van der Waals surface area contributed by atoms with Crippen LogP contribution in [-0.2, 0) is 0 Å². The highest BCUT2D eigenvalue weighted by Gasteiger charge is 2.11. The first-order chi connectivity index (χ1) is 9.24. The number of rotatable bonds is 1. The predicted octanol–water partition coefficient (Wildman–Crippen LogP) is 2.82. The van der Waals surface area contributed by atoms with Crippen LogP contribution in [-0.4, -0.2) is 21.0 Å². The van der Waals surface area contributed by atoms with E-state index in [0.717, 1.165) is 11.3 Å². The van der Waals surface area contributed by atoms with Gasteiger partial charge in [-0.3, -0.25) is 0 Å². The molecule has 19 heavy (non-hydrogen) atoms. The normalized spacial score (nSPS) is 10.6. The van der Waals surface area contributed by atoms with E-state index in [4.69, 9.17) is 0 Å². The average molecular weight is 252 g/mol. The second kappa shape index (κ2) is 4.53. The summed E-state index contributed by atoms with van der Waals surface area (Å²) in [6.07, 6.45) is 0. The highest BCUT2D eigenvalue weighted by molar-refractivity contribution is 5.96. The molecular weight excluding hydrogens is 240 g/mol. The van der Waals surface area contributed by atoms with E-state index in [1.807, 2.05) is 55.5 Å². The number of hydrogen-bond acceptors (Lipinski definition) is 3. The van der Waals surface area contributed by atoms with Gasteiger partial charge < -0.3 is 5.32 Å². The Hall–Kier alpha value is -2.69. The van der Waals surface area contributed by atoms with Crippen molar-refractivity contribution >= 4 is 22.8 Å². The third kappa shape index (κ3) is 2.18. The molecule has 0 aliphatic rings. The Kier molecular flexibility index (Phi) is 2.72. The number of amides is 1. The summed E-state index contributed by atoms with van der Waals surface area (Å²) in [5.74, 6) is 0. The maximum atomic E-state index is 12.1. The molecule has 0 saturated heterocycles. The van der Waals surface area contributed by atoms with Crippen LogP contribution in [0.15, 0.2) is 48.5 Å². The van der Waals surface area contributed by atoms with Crippen LogP contribution < -0.4 is 5.32 Å². The lowest BCUT2D eigenvalue weighted by molar-refractivity contribution is 0.251. The van der Waals surface area contributed by atoms with E-state index in [1.165, 1.54) is 4.68 Å². The summed E-state index contributed by atoms with van der Waals surface area (Å²) in [6, 6.07) is 14.6. The van der Waals surface area contributed by atoms with Crippen LogP contribution in [0.2, 0.25) is 0 Å². The number of anilines is 1. The summed E-state index contributed by atoms with van der Waals surface area (Å²) < 4.78 is 1.27. The number of fused-ring (bicyclic) bond motifs is 1. The van der Waals surface area contributed by atoms with Crippen molar-refractivity contribution in [2.75, 3.05) is 5.32 Å². The highest BCUT2D eigenvalue weighted by Crippen LogP contribution is 2.13. The monoisotopic (exact) mass is 252 g/mol. The molecule has 0 bridgehead atoms. The summed E-state index contributed by atoms with van der Waals surface area (Å²) >= 11 is 0. The number of aromatic nitrogens is 3. The van der Waals surface area contributed by atoms with E-state index in [2.05, 4.69) is 15.6 Å². The minimum atomic E-state index is -0.322. The topological polar surface area (TPSA) is 59.8 Å². The Bertz CT molecular complexity index is 734. The third-order valence-corrected chi connectivity index (χ3v) is 2.82. The van der Waals surface area contributed by atoms with Gasteiger partial charge in [0.1, 0.15) is 5.52 Å². The van der Waals surface area contributed by atoms with E-state index in [0.29, 0.717) is 11.0 Å². The van der Waals surface area contributed by atoms with Crippen molar-refractivity contribution in [3.63, 3.8) is 0 Å². The third-order valence-electron chi connectivity index (χ3n) is 2.82. The number of carbonyl (C=O) groups is 1. The lowest BCUT2D eigenvalue weighted by Gasteiger charge is -2.04. The minimum absolute atomic E-state index is 0.322. The second-order valence-corrected chi connectivity index (χ2v) is 4.29. The van der Waals surface area contributed by atoms with E-state index in [9.17, 15) is 4.79 Å². The molecule has 5 heteroatoms. The fraction of sp³-hybridized carbons (Fsp3) is 0.0714. The molecule has 0 atom stereocenters. The number of hydrogen-bond donors (Lipinski definition) is 1. The highest BCUT2D eigenvalue weighted by atomic mass is 16.2. The van der Waals surface area contributed by atoms with Crippen LogP contribution in [0.5, 0.6) is 0 Å². The van der Waals surface area contributed by atoms with Gasteiger partial charge in [0, 0.05) is 5.69 Å². The largest absolute Gasteiger partial charge is 0.348 e. The molecule has 5 nitrogen and oxygen atoms in total. The number of nitrogens with one attached hydrogen (secondary N) is 1. The average Bonchev–Trinajstić information content (AvgIpc) is 2.82. The van der Waals surface area contributed by atoms with Crippen molar-refractivity contribution < 1.29 is 4.79 Å². The van der Waals surface area contributed by atoms with Gasteiger partial charge in [0.15, 0.2) is 0 Å². The first-order valence-electron chi connectivity index (χ1n) is 5.92. The summed E-state index contributed by atoms with van der Waals surface area (Å²) in [5.41, 5.74) is 3.22. The molecule has 0 aliphatic carbocycles. The van der Waals surface area contributed by atoms with Crippen molar-refractivity contribution in [2.45, 2.75) is 6.92 Å². The smallest absolute Gasteiger partial charge is 0.306 e. The SMILES string of the molecule is Cc1ccc2c(c1)nnn2C(=O)Nc1ccccc1. The molecule has 1 aromatic heterocycles. The van der Waals surface area contributed by atoms with Crippen LogP contribution in [0.4, 0.5) is 10.5 Å². The molecule has 0 aliphatic heterocycles. The number of para-hydroxylation sites is 1. The van der Waals surface area contributed by atoms with Crippen LogP contribution in [0.25, 0.3) is 11.0 Å². The van der Waals surface area contributed by atoms with Crippen molar-refractivity contribution in [1.29, 1.82) is 0 Å². The van der Waals surface area contributed by atoms with Gasteiger partial charge in [0.25, 0.3) is 0 Å². The summed E-state index contributed by atoms with van der Waals surface area (Å²) in [5, 5.41) is 10.7. The lowest BCUT2D eigenvalue weighted by atomic mass is 10.2. The zero-order valence-electron chi connectivity index (χ0n) is 10.4. The molecule has 0 saturated carbocycles. The van der Waals surface area contributed by atoms with E-state index in [-0.39, 0.29) is 6.03 Å². The van der Waals surface area contributed by atoms with Crippen LogP contribution in [0.3, 0.4) is 0 Å². The molecule has 2 aromatic carbocycles. The zero-order chi connectivity index (χ0) is 13.2. The van der Waals surface area contributed by atoms with Gasteiger partial charge in [-0.05, 0) is 36.8 Å².